The molecule has 4 nitrogen and oxygen atoms in total. The fourth-order valence-corrected chi connectivity index (χ4v) is 2.38. The van der Waals surface area contributed by atoms with Crippen molar-refractivity contribution in [3.63, 3.8) is 0 Å². The molecule has 2 rings (SSSR count). The van der Waals surface area contributed by atoms with Crippen LogP contribution in [0.25, 0.3) is 0 Å². The molecule has 0 amide bonds. The Labute approximate surface area is 87.8 Å². The van der Waals surface area contributed by atoms with Crippen LogP contribution in [0, 0.1) is 0 Å². The zero-order valence-electron chi connectivity index (χ0n) is 8.27. The maximum absolute atomic E-state index is 5.84. The van der Waals surface area contributed by atoms with Crippen LogP contribution in [0.4, 0.5) is 5.00 Å². The van der Waals surface area contributed by atoms with Gasteiger partial charge in [-0.25, -0.2) is 0 Å². The topological polar surface area (TPSA) is 51.4 Å². The molecule has 2 N–H and O–H groups in total. The number of aromatic nitrogens is 1. The second-order valence-electron chi connectivity index (χ2n) is 3.53. The van der Waals surface area contributed by atoms with E-state index in [-0.39, 0.29) is 0 Å². The molecule has 1 saturated heterocycles. The molecular weight excluding hydrogens is 198 g/mol. The van der Waals surface area contributed by atoms with E-state index in [2.05, 4.69) is 9.27 Å². The molecule has 5 heteroatoms. The van der Waals surface area contributed by atoms with Crippen molar-refractivity contribution in [2.45, 2.75) is 18.9 Å². The lowest BCUT2D eigenvalue weighted by Crippen LogP contribution is -2.39. The van der Waals surface area contributed by atoms with Crippen molar-refractivity contribution in [1.29, 1.82) is 0 Å². The molecule has 0 aromatic carbocycles. The first-order chi connectivity index (χ1) is 6.79. The number of rotatable bonds is 2. The quantitative estimate of drug-likeness (QED) is 0.798. The monoisotopic (exact) mass is 213 g/mol. The van der Waals surface area contributed by atoms with Crippen LogP contribution in [0.2, 0.25) is 0 Å². The molecule has 0 saturated carbocycles. The van der Waals surface area contributed by atoms with Gasteiger partial charge < -0.3 is 15.4 Å². The van der Waals surface area contributed by atoms with Crippen molar-refractivity contribution in [1.82, 2.24) is 4.37 Å². The smallest absolute Gasteiger partial charge is 0.227 e. The third-order valence-electron chi connectivity index (χ3n) is 2.54. The summed E-state index contributed by atoms with van der Waals surface area (Å²) in [6.45, 7) is 2.07. The highest BCUT2D eigenvalue weighted by atomic mass is 32.1. The van der Waals surface area contributed by atoms with Crippen LogP contribution in [0.15, 0.2) is 6.07 Å². The summed E-state index contributed by atoms with van der Waals surface area (Å²) in [5, 5.41) is 1.19. The largest absolute Gasteiger partial charge is 0.480 e. The van der Waals surface area contributed by atoms with E-state index in [0.29, 0.717) is 11.9 Å². The van der Waals surface area contributed by atoms with Crippen molar-refractivity contribution in [3.8, 4) is 5.88 Å². The van der Waals surface area contributed by atoms with Gasteiger partial charge in [-0.05, 0) is 24.4 Å². The molecule has 1 aromatic heterocycles. The SMILES string of the molecule is COc1cc(N2CCC(N)CC2)sn1. The van der Waals surface area contributed by atoms with Crippen molar-refractivity contribution >= 4 is 16.5 Å². The maximum atomic E-state index is 5.84. The Morgan fingerprint density at radius 3 is 2.86 bits per heavy atom. The number of anilines is 1. The molecule has 0 bridgehead atoms. The number of nitrogens with zero attached hydrogens (tertiary/aromatic N) is 2. The summed E-state index contributed by atoms with van der Waals surface area (Å²) in [7, 11) is 1.64. The molecule has 1 aliphatic heterocycles. The molecule has 1 aliphatic rings. The normalized spacial score (nSPS) is 18.6. The Balaban J connectivity index is 2.01. The number of ether oxygens (including phenoxy) is 1. The lowest BCUT2D eigenvalue weighted by atomic mass is 10.1. The van der Waals surface area contributed by atoms with Gasteiger partial charge in [0.1, 0.15) is 5.00 Å². The average Bonchev–Trinajstić information content (AvgIpc) is 2.67. The minimum absolute atomic E-state index is 0.376. The molecule has 0 radical (unpaired) electrons. The van der Waals surface area contributed by atoms with E-state index in [1.165, 1.54) is 16.5 Å². The molecule has 1 fully saturated rings. The predicted molar refractivity (Wildman–Crippen MR) is 58.1 cm³/mol. The van der Waals surface area contributed by atoms with Gasteiger partial charge in [-0.1, -0.05) is 0 Å². The molecule has 0 aliphatic carbocycles. The number of methoxy groups -OCH3 is 1. The highest BCUT2D eigenvalue weighted by Gasteiger charge is 2.18. The third-order valence-corrected chi connectivity index (χ3v) is 3.37. The van der Waals surface area contributed by atoms with Gasteiger partial charge in [-0.2, -0.15) is 4.37 Å². The van der Waals surface area contributed by atoms with Gasteiger partial charge in [0, 0.05) is 25.2 Å². The molecule has 0 atom stereocenters. The summed E-state index contributed by atoms with van der Waals surface area (Å²) in [5.41, 5.74) is 5.84. The van der Waals surface area contributed by atoms with Crippen molar-refractivity contribution in [2.75, 3.05) is 25.1 Å². The van der Waals surface area contributed by atoms with Gasteiger partial charge in [0.2, 0.25) is 5.88 Å². The van der Waals surface area contributed by atoms with E-state index in [1.54, 1.807) is 7.11 Å². The molecule has 2 heterocycles. The number of nitrogens with two attached hydrogens (primary N) is 1. The van der Waals surface area contributed by atoms with Crippen molar-refractivity contribution in [3.05, 3.63) is 6.07 Å². The summed E-state index contributed by atoms with van der Waals surface area (Å²) >= 11 is 1.49. The summed E-state index contributed by atoms with van der Waals surface area (Å²) in [5.74, 6) is 0.708. The van der Waals surface area contributed by atoms with Gasteiger partial charge in [-0.15, -0.1) is 0 Å². The summed E-state index contributed by atoms with van der Waals surface area (Å²) in [6.07, 6.45) is 2.14. The summed E-state index contributed by atoms with van der Waals surface area (Å²) < 4.78 is 9.23. The van der Waals surface area contributed by atoms with E-state index in [9.17, 15) is 0 Å². The minimum atomic E-state index is 0.376. The van der Waals surface area contributed by atoms with E-state index < -0.39 is 0 Å². The van der Waals surface area contributed by atoms with Crippen LogP contribution in [0.3, 0.4) is 0 Å². The molecule has 1 aromatic rings. The van der Waals surface area contributed by atoms with Gasteiger partial charge in [0.25, 0.3) is 0 Å². The van der Waals surface area contributed by atoms with Gasteiger partial charge in [0.15, 0.2) is 0 Å². The fourth-order valence-electron chi connectivity index (χ4n) is 1.62. The highest BCUT2D eigenvalue weighted by molar-refractivity contribution is 7.10. The van der Waals surface area contributed by atoms with Crippen LogP contribution < -0.4 is 15.4 Å². The molecule has 14 heavy (non-hydrogen) atoms. The fraction of sp³-hybridized carbons (Fsp3) is 0.667. The van der Waals surface area contributed by atoms with Gasteiger partial charge in [0.05, 0.1) is 7.11 Å². The van der Waals surface area contributed by atoms with Crippen molar-refractivity contribution in [2.24, 2.45) is 5.73 Å². The first-order valence-corrected chi connectivity index (χ1v) is 5.58. The first-order valence-electron chi connectivity index (χ1n) is 4.81. The van der Waals surface area contributed by atoms with Crippen LogP contribution in [-0.2, 0) is 0 Å². The molecular formula is C9H15N3OS. The minimum Gasteiger partial charge on any atom is -0.480 e. The number of hydrogen-bond acceptors (Lipinski definition) is 5. The predicted octanol–water partition coefficient (Wildman–Crippen LogP) is 1.08. The molecule has 78 valence electrons. The third kappa shape index (κ3) is 1.99. The second-order valence-corrected chi connectivity index (χ2v) is 4.32. The van der Waals surface area contributed by atoms with E-state index >= 15 is 0 Å². The first kappa shape index (κ1) is 9.73. The zero-order valence-corrected chi connectivity index (χ0v) is 9.09. The standard InChI is InChI=1S/C9H15N3OS/c1-13-8-6-9(14-11-8)12-4-2-7(10)3-5-12/h6-7H,2-5,10H2,1H3. The Morgan fingerprint density at radius 1 is 1.57 bits per heavy atom. The number of hydrogen-bond donors (Lipinski definition) is 1. The van der Waals surface area contributed by atoms with E-state index in [1.807, 2.05) is 6.07 Å². The van der Waals surface area contributed by atoms with Crippen LogP contribution in [-0.4, -0.2) is 30.6 Å². The Hall–Kier alpha value is -0.810. The Bertz CT molecular complexity index is 294. The van der Waals surface area contributed by atoms with E-state index in [0.717, 1.165) is 25.9 Å². The Morgan fingerprint density at radius 2 is 2.29 bits per heavy atom. The van der Waals surface area contributed by atoms with Crippen LogP contribution in [0.1, 0.15) is 12.8 Å². The number of piperidine rings is 1. The Kier molecular flexibility index (Phi) is 2.88. The van der Waals surface area contributed by atoms with E-state index in [4.69, 9.17) is 10.5 Å². The molecule has 0 spiro atoms. The summed E-state index contributed by atoms with van der Waals surface area (Å²) in [4.78, 5) is 2.32. The van der Waals surface area contributed by atoms with Gasteiger partial charge in [-0.3, -0.25) is 0 Å². The lowest BCUT2D eigenvalue weighted by molar-refractivity contribution is 0.402. The average molecular weight is 213 g/mol. The maximum Gasteiger partial charge on any atom is 0.227 e. The van der Waals surface area contributed by atoms with Gasteiger partial charge >= 0.3 is 0 Å². The summed E-state index contributed by atoms with van der Waals surface area (Å²) in [6, 6.07) is 2.36. The van der Waals surface area contributed by atoms with Crippen LogP contribution in [0.5, 0.6) is 5.88 Å². The van der Waals surface area contributed by atoms with Crippen molar-refractivity contribution < 1.29 is 4.74 Å². The molecule has 0 unspecified atom stereocenters. The highest BCUT2D eigenvalue weighted by Crippen LogP contribution is 2.27. The zero-order chi connectivity index (χ0) is 9.97. The van der Waals surface area contributed by atoms with Crippen LogP contribution >= 0.6 is 11.5 Å². The second kappa shape index (κ2) is 4.14. The lowest BCUT2D eigenvalue weighted by Gasteiger charge is -2.30.